The highest BCUT2D eigenvalue weighted by molar-refractivity contribution is 7.92. The van der Waals surface area contributed by atoms with Crippen LogP contribution in [0.15, 0.2) is 42.5 Å². The summed E-state index contributed by atoms with van der Waals surface area (Å²) < 4.78 is 26.0. The molecule has 1 amide bonds. The monoisotopic (exact) mass is 484 g/mol. The maximum absolute atomic E-state index is 12.7. The summed E-state index contributed by atoms with van der Waals surface area (Å²) in [4.78, 5) is 12.7. The van der Waals surface area contributed by atoms with Gasteiger partial charge in [0.25, 0.3) is 5.91 Å². The molecule has 2 aromatic rings. The van der Waals surface area contributed by atoms with E-state index in [4.69, 9.17) is 23.2 Å². The molecule has 0 radical (unpaired) electrons. The van der Waals surface area contributed by atoms with Crippen LogP contribution in [0.4, 0.5) is 5.69 Å². The molecule has 0 spiro atoms. The van der Waals surface area contributed by atoms with Gasteiger partial charge in [0, 0.05) is 16.1 Å². The van der Waals surface area contributed by atoms with Crippen LogP contribution in [0.25, 0.3) is 0 Å². The Labute approximate surface area is 195 Å². The smallest absolute Gasteiger partial charge is 0.251 e. The first-order valence-electron chi connectivity index (χ1n) is 9.92. The molecule has 0 aliphatic heterocycles. The van der Waals surface area contributed by atoms with E-state index in [9.17, 15) is 13.2 Å². The predicted molar refractivity (Wildman–Crippen MR) is 130 cm³/mol. The van der Waals surface area contributed by atoms with E-state index < -0.39 is 10.0 Å². The molecule has 8 heteroatoms. The van der Waals surface area contributed by atoms with Crippen LogP contribution in [-0.2, 0) is 16.6 Å². The summed E-state index contributed by atoms with van der Waals surface area (Å²) in [5, 5.41) is 3.75. The molecule has 0 fully saturated rings. The van der Waals surface area contributed by atoms with Gasteiger partial charge < -0.3 is 5.32 Å². The van der Waals surface area contributed by atoms with Gasteiger partial charge in [0.1, 0.15) is 0 Å². The minimum absolute atomic E-state index is 0.0658. The third kappa shape index (κ3) is 7.70. The van der Waals surface area contributed by atoms with Crippen LogP contribution >= 0.6 is 23.2 Å². The Morgan fingerprint density at radius 2 is 1.58 bits per heavy atom. The first kappa shape index (κ1) is 25.5. The van der Waals surface area contributed by atoms with Crippen molar-refractivity contribution < 1.29 is 13.2 Å². The van der Waals surface area contributed by atoms with Crippen molar-refractivity contribution in [2.75, 3.05) is 10.6 Å². The molecule has 0 aliphatic carbocycles. The van der Waals surface area contributed by atoms with Gasteiger partial charge in [-0.3, -0.25) is 9.10 Å². The van der Waals surface area contributed by atoms with E-state index in [1.54, 1.807) is 36.4 Å². The molecule has 0 aromatic heterocycles. The van der Waals surface area contributed by atoms with E-state index in [1.165, 1.54) is 10.4 Å². The SMILES string of the molecule is CC(C)(C)CC(C)(C)NC(=O)c1ccc(CN(c2cc(Cl)ccc2Cl)S(C)(=O)=O)cc1. The molecule has 2 rings (SSSR count). The summed E-state index contributed by atoms with van der Waals surface area (Å²) in [6, 6.07) is 11.5. The van der Waals surface area contributed by atoms with Gasteiger partial charge in [0.15, 0.2) is 0 Å². The second-order valence-corrected chi connectivity index (χ2v) is 12.4. The molecular formula is C23H30Cl2N2O3S. The van der Waals surface area contributed by atoms with Gasteiger partial charge in [-0.2, -0.15) is 0 Å². The second kappa shape index (κ2) is 9.39. The first-order chi connectivity index (χ1) is 14.1. The molecule has 170 valence electrons. The van der Waals surface area contributed by atoms with Crippen LogP contribution in [0.3, 0.4) is 0 Å². The Morgan fingerprint density at radius 3 is 2.10 bits per heavy atom. The first-order valence-corrected chi connectivity index (χ1v) is 12.5. The molecule has 0 atom stereocenters. The van der Waals surface area contributed by atoms with Crippen molar-refractivity contribution >= 4 is 44.8 Å². The number of hydrogen-bond donors (Lipinski definition) is 1. The van der Waals surface area contributed by atoms with Crippen molar-refractivity contribution in [3.63, 3.8) is 0 Å². The zero-order valence-electron chi connectivity index (χ0n) is 18.8. The highest BCUT2D eigenvalue weighted by Crippen LogP contribution is 2.32. The van der Waals surface area contributed by atoms with Crippen LogP contribution in [0.5, 0.6) is 0 Å². The molecule has 31 heavy (non-hydrogen) atoms. The van der Waals surface area contributed by atoms with Gasteiger partial charge in [-0.1, -0.05) is 56.1 Å². The van der Waals surface area contributed by atoms with Crippen molar-refractivity contribution in [3.05, 3.63) is 63.6 Å². The molecule has 0 bridgehead atoms. The van der Waals surface area contributed by atoms with Gasteiger partial charge in [0.2, 0.25) is 10.0 Å². The van der Waals surface area contributed by atoms with E-state index in [2.05, 4.69) is 26.1 Å². The number of halogens is 2. The highest BCUT2D eigenvalue weighted by atomic mass is 35.5. The van der Waals surface area contributed by atoms with Crippen molar-refractivity contribution in [3.8, 4) is 0 Å². The third-order valence-electron chi connectivity index (χ3n) is 4.54. The molecule has 0 heterocycles. The van der Waals surface area contributed by atoms with Crippen LogP contribution < -0.4 is 9.62 Å². The molecule has 0 unspecified atom stereocenters. The Balaban J connectivity index is 2.22. The zero-order chi connectivity index (χ0) is 23.6. The van der Waals surface area contributed by atoms with Crippen LogP contribution in [-0.4, -0.2) is 26.1 Å². The topological polar surface area (TPSA) is 66.5 Å². The zero-order valence-corrected chi connectivity index (χ0v) is 21.1. The van der Waals surface area contributed by atoms with Gasteiger partial charge >= 0.3 is 0 Å². The Morgan fingerprint density at radius 1 is 1.00 bits per heavy atom. The quantitative estimate of drug-likeness (QED) is 0.531. The number of carbonyl (C=O) groups excluding carboxylic acids is 1. The fourth-order valence-electron chi connectivity index (χ4n) is 3.73. The fourth-order valence-corrected chi connectivity index (χ4v) is 5.06. The Kier molecular flexibility index (Phi) is 7.72. The number of sulfonamides is 1. The molecular weight excluding hydrogens is 455 g/mol. The third-order valence-corrected chi connectivity index (χ3v) is 6.22. The summed E-state index contributed by atoms with van der Waals surface area (Å²) in [6.45, 7) is 10.5. The normalized spacial score (nSPS) is 12.5. The predicted octanol–water partition coefficient (Wildman–Crippen LogP) is 5.90. The Bertz CT molecular complexity index is 1040. The minimum atomic E-state index is -3.61. The van der Waals surface area contributed by atoms with Gasteiger partial charge in [-0.15, -0.1) is 0 Å². The molecule has 0 saturated carbocycles. The number of nitrogens with one attached hydrogen (secondary N) is 1. The molecule has 0 saturated heterocycles. The number of anilines is 1. The van der Waals surface area contributed by atoms with E-state index in [-0.39, 0.29) is 28.4 Å². The maximum Gasteiger partial charge on any atom is 0.251 e. The number of nitrogens with zero attached hydrogens (tertiary/aromatic N) is 1. The maximum atomic E-state index is 12.7. The van der Waals surface area contributed by atoms with Crippen LogP contribution in [0.2, 0.25) is 10.0 Å². The average Bonchev–Trinajstić information content (AvgIpc) is 2.59. The highest BCUT2D eigenvalue weighted by Gasteiger charge is 2.27. The van der Waals surface area contributed by atoms with Gasteiger partial charge in [-0.25, -0.2) is 8.42 Å². The lowest BCUT2D eigenvalue weighted by molar-refractivity contribution is 0.0891. The number of carbonyl (C=O) groups is 1. The lowest BCUT2D eigenvalue weighted by atomic mass is 9.81. The van der Waals surface area contributed by atoms with Crippen molar-refractivity contribution in [1.82, 2.24) is 5.32 Å². The second-order valence-electron chi connectivity index (χ2n) is 9.64. The lowest BCUT2D eigenvalue weighted by Gasteiger charge is -2.33. The number of amides is 1. The summed E-state index contributed by atoms with van der Waals surface area (Å²) in [6.07, 6.45) is 1.94. The summed E-state index contributed by atoms with van der Waals surface area (Å²) in [5.41, 5.74) is 1.26. The minimum Gasteiger partial charge on any atom is -0.347 e. The van der Waals surface area contributed by atoms with Crippen molar-refractivity contribution in [1.29, 1.82) is 0 Å². The molecule has 0 aliphatic rings. The fraction of sp³-hybridized carbons (Fsp3) is 0.435. The average molecular weight is 485 g/mol. The number of hydrogen-bond acceptors (Lipinski definition) is 3. The summed E-state index contributed by atoms with van der Waals surface area (Å²) in [7, 11) is -3.61. The van der Waals surface area contributed by atoms with Crippen LogP contribution in [0.1, 0.15) is 57.0 Å². The van der Waals surface area contributed by atoms with E-state index in [1.807, 2.05) is 13.8 Å². The standard InChI is InChI=1S/C23H30Cl2N2O3S/c1-22(2,3)15-23(4,5)26-21(28)17-9-7-16(8-10-17)14-27(31(6,29)30)20-13-18(24)11-12-19(20)25/h7-13H,14-15H2,1-6H3,(H,26,28). The van der Waals surface area contributed by atoms with E-state index in [0.717, 1.165) is 12.7 Å². The van der Waals surface area contributed by atoms with Crippen LogP contribution in [0, 0.1) is 5.41 Å². The largest absolute Gasteiger partial charge is 0.347 e. The Hall–Kier alpha value is -1.76. The molecule has 2 aromatic carbocycles. The number of rotatable bonds is 7. The molecule has 1 N–H and O–H groups in total. The molecule has 5 nitrogen and oxygen atoms in total. The van der Waals surface area contributed by atoms with Crippen molar-refractivity contribution in [2.24, 2.45) is 5.41 Å². The van der Waals surface area contributed by atoms with Gasteiger partial charge in [-0.05, 0) is 61.6 Å². The van der Waals surface area contributed by atoms with E-state index >= 15 is 0 Å². The summed E-state index contributed by atoms with van der Waals surface area (Å²) >= 11 is 12.3. The van der Waals surface area contributed by atoms with Crippen molar-refractivity contribution in [2.45, 2.75) is 53.1 Å². The van der Waals surface area contributed by atoms with Gasteiger partial charge in [0.05, 0.1) is 23.5 Å². The van der Waals surface area contributed by atoms with E-state index in [0.29, 0.717) is 21.8 Å². The number of benzene rings is 2. The summed E-state index contributed by atoms with van der Waals surface area (Å²) in [5.74, 6) is -0.168. The lowest BCUT2D eigenvalue weighted by Crippen LogP contribution is -2.45.